The van der Waals surface area contributed by atoms with Gasteiger partial charge in [0.1, 0.15) is 0 Å². The van der Waals surface area contributed by atoms with Crippen molar-refractivity contribution in [2.75, 3.05) is 5.32 Å². The van der Waals surface area contributed by atoms with Crippen LogP contribution in [0.2, 0.25) is 0 Å². The highest BCUT2D eigenvalue weighted by atomic mass is 19.1. The van der Waals surface area contributed by atoms with Gasteiger partial charge in [0.05, 0.1) is 17.9 Å². The molecule has 1 N–H and O–H groups in total. The average molecular weight is 434 g/mol. The SMILES string of the molecule is CC(=O)OC1C(OC(C)=O)[C@@H](C)O[C@H]1n1cc(F)c(NC(=O)c2cccnc2)nc1=O. The number of carbonyl (C=O) groups excluding carboxylic acids is 3. The first-order chi connectivity index (χ1) is 14.7. The first-order valence-electron chi connectivity index (χ1n) is 9.17. The predicted molar refractivity (Wildman–Crippen MR) is 101 cm³/mol. The summed E-state index contributed by atoms with van der Waals surface area (Å²) in [5.74, 6) is -3.71. The van der Waals surface area contributed by atoms with Crippen LogP contribution in [0.3, 0.4) is 0 Å². The van der Waals surface area contributed by atoms with E-state index in [1.807, 2.05) is 0 Å². The Morgan fingerprint density at radius 3 is 2.48 bits per heavy atom. The third kappa shape index (κ3) is 4.91. The van der Waals surface area contributed by atoms with E-state index in [1.54, 1.807) is 6.92 Å². The first kappa shape index (κ1) is 22.0. The van der Waals surface area contributed by atoms with Crippen molar-refractivity contribution in [3.8, 4) is 0 Å². The molecule has 0 aromatic carbocycles. The lowest BCUT2D eigenvalue weighted by Crippen LogP contribution is -2.40. The number of halogens is 1. The molecule has 1 amide bonds. The fraction of sp³-hybridized carbons (Fsp3) is 0.368. The van der Waals surface area contributed by atoms with E-state index in [1.165, 1.54) is 24.5 Å². The van der Waals surface area contributed by atoms with Crippen molar-refractivity contribution in [3.63, 3.8) is 0 Å². The summed E-state index contributed by atoms with van der Waals surface area (Å²) < 4.78 is 31.4. The zero-order chi connectivity index (χ0) is 22.7. The molecule has 12 heteroatoms. The molecule has 164 valence electrons. The van der Waals surface area contributed by atoms with Gasteiger partial charge >= 0.3 is 17.6 Å². The normalized spacial score (nSPS) is 22.6. The molecule has 0 saturated carbocycles. The summed E-state index contributed by atoms with van der Waals surface area (Å²) in [5, 5.41) is 2.20. The van der Waals surface area contributed by atoms with Crippen LogP contribution in [0.25, 0.3) is 0 Å². The van der Waals surface area contributed by atoms with Gasteiger partial charge in [-0.2, -0.15) is 4.98 Å². The highest BCUT2D eigenvalue weighted by Crippen LogP contribution is 2.33. The standard InChI is InChI=1S/C19H19FN4O7/c1-9-14(30-10(2)25)15(31-11(3)26)18(29-9)24-8-13(20)16(23-19(24)28)22-17(27)12-5-4-6-21-7-12/h4-9,14-15,18H,1-3H3,(H,22,23,27,28)/t9-,14?,15?,18-/m1/s1. The van der Waals surface area contributed by atoms with Crippen LogP contribution in [0.5, 0.6) is 0 Å². The number of esters is 2. The molecule has 3 rings (SSSR count). The third-order valence-corrected chi connectivity index (χ3v) is 4.36. The molecular formula is C19H19FN4O7. The van der Waals surface area contributed by atoms with Gasteiger partial charge in [0, 0.05) is 26.2 Å². The number of hydrogen-bond acceptors (Lipinski definition) is 9. The molecule has 2 unspecified atom stereocenters. The van der Waals surface area contributed by atoms with Gasteiger partial charge in [-0.25, -0.2) is 9.18 Å². The molecule has 0 aliphatic carbocycles. The van der Waals surface area contributed by atoms with E-state index in [0.717, 1.165) is 24.6 Å². The molecule has 1 aliphatic rings. The van der Waals surface area contributed by atoms with Gasteiger partial charge < -0.3 is 19.5 Å². The molecule has 0 radical (unpaired) electrons. The number of amides is 1. The van der Waals surface area contributed by atoms with Crippen LogP contribution < -0.4 is 11.0 Å². The van der Waals surface area contributed by atoms with Gasteiger partial charge in [-0.05, 0) is 19.1 Å². The second kappa shape index (κ2) is 9.00. The summed E-state index contributed by atoms with van der Waals surface area (Å²) in [6, 6.07) is 2.97. The molecule has 1 saturated heterocycles. The number of nitrogens with zero attached hydrogens (tertiary/aromatic N) is 3. The summed E-state index contributed by atoms with van der Waals surface area (Å²) in [6.07, 6.45) is -0.821. The lowest BCUT2D eigenvalue weighted by Gasteiger charge is -2.23. The first-order valence-corrected chi connectivity index (χ1v) is 9.17. The molecule has 3 heterocycles. The van der Waals surface area contributed by atoms with E-state index >= 15 is 0 Å². The minimum absolute atomic E-state index is 0.139. The Hall–Kier alpha value is -3.67. The number of hydrogen-bond donors (Lipinski definition) is 1. The Bertz CT molecular complexity index is 1060. The molecule has 11 nitrogen and oxygen atoms in total. The maximum Gasteiger partial charge on any atom is 0.351 e. The van der Waals surface area contributed by atoms with Crippen LogP contribution in [-0.4, -0.2) is 50.7 Å². The highest BCUT2D eigenvalue weighted by Gasteiger charge is 2.48. The smallest absolute Gasteiger partial charge is 0.351 e. The number of rotatable bonds is 5. The second-order valence-corrected chi connectivity index (χ2v) is 6.70. The van der Waals surface area contributed by atoms with Crippen molar-refractivity contribution in [1.82, 2.24) is 14.5 Å². The van der Waals surface area contributed by atoms with Crippen molar-refractivity contribution in [2.24, 2.45) is 0 Å². The van der Waals surface area contributed by atoms with Gasteiger partial charge in [0.2, 0.25) is 0 Å². The van der Waals surface area contributed by atoms with Gasteiger partial charge in [-0.3, -0.25) is 23.9 Å². The molecule has 2 aromatic heterocycles. The third-order valence-electron chi connectivity index (χ3n) is 4.36. The van der Waals surface area contributed by atoms with E-state index in [2.05, 4.69) is 15.3 Å². The molecule has 0 bridgehead atoms. The maximum absolute atomic E-state index is 14.7. The van der Waals surface area contributed by atoms with Crippen molar-refractivity contribution >= 4 is 23.7 Å². The Kier molecular flexibility index (Phi) is 6.39. The lowest BCUT2D eigenvalue weighted by atomic mass is 10.1. The lowest BCUT2D eigenvalue weighted by molar-refractivity contribution is -0.165. The average Bonchev–Trinajstić information content (AvgIpc) is 2.99. The molecular weight excluding hydrogens is 415 g/mol. The zero-order valence-electron chi connectivity index (χ0n) is 16.8. The monoisotopic (exact) mass is 434 g/mol. The summed E-state index contributed by atoms with van der Waals surface area (Å²) >= 11 is 0. The van der Waals surface area contributed by atoms with Crippen molar-refractivity contribution in [2.45, 2.75) is 45.3 Å². The molecule has 1 aliphatic heterocycles. The Labute approximate surface area is 175 Å². The number of anilines is 1. The van der Waals surface area contributed by atoms with E-state index < -0.39 is 59.7 Å². The maximum atomic E-state index is 14.7. The second-order valence-electron chi connectivity index (χ2n) is 6.70. The Balaban J connectivity index is 1.90. The molecule has 0 spiro atoms. The number of nitrogens with one attached hydrogen (secondary N) is 1. The number of aromatic nitrogens is 3. The summed E-state index contributed by atoms with van der Waals surface area (Å²) in [5.41, 5.74) is -0.847. The quantitative estimate of drug-likeness (QED) is 0.677. The van der Waals surface area contributed by atoms with Gasteiger partial charge in [0.15, 0.2) is 30.1 Å². The van der Waals surface area contributed by atoms with Crippen LogP contribution in [0.4, 0.5) is 10.2 Å². The summed E-state index contributed by atoms with van der Waals surface area (Å²) in [4.78, 5) is 55.0. The van der Waals surface area contributed by atoms with E-state index in [0.29, 0.717) is 0 Å². The predicted octanol–water partition coefficient (Wildman–Crippen LogP) is 0.810. The molecule has 31 heavy (non-hydrogen) atoms. The van der Waals surface area contributed by atoms with Crippen LogP contribution in [0.15, 0.2) is 35.5 Å². The van der Waals surface area contributed by atoms with Crippen LogP contribution in [0, 0.1) is 5.82 Å². The van der Waals surface area contributed by atoms with Gasteiger partial charge in [0.25, 0.3) is 5.91 Å². The van der Waals surface area contributed by atoms with Crippen molar-refractivity contribution in [3.05, 3.63) is 52.6 Å². The fourth-order valence-electron chi connectivity index (χ4n) is 3.09. The summed E-state index contributed by atoms with van der Waals surface area (Å²) in [6.45, 7) is 3.84. The molecule has 2 aromatic rings. The van der Waals surface area contributed by atoms with Crippen molar-refractivity contribution < 1.29 is 33.0 Å². The van der Waals surface area contributed by atoms with E-state index in [-0.39, 0.29) is 5.56 Å². The van der Waals surface area contributed by atoms with Gasteiger partial charge in [-0.1, -0.05) is 0 Å². The highest BCUT2D eigenvalue weighted by molar-refractivity contribution is 6.03. The van der Waals surface area contributed by atoms with Crippen LogP contribution in [-0.2, 0) is 23.8 Å². The minimum Gasteiger partial charge on any atom is -0.456 e. The Morgan fingerprint density at radius 1 is 1.19 bits per heavy atom. The van der Waals surface area contributed by atoms with Crippen LogP contribution in [0.1, 0.15) is 37.4 Å². The van der Waals surface area contributed by atoms with Gasteiger partial charge in [-0.15, -0.1) is 0 Å². The molecule has 1 fully saturated rings. The fourth-order valence-corrected chi connectivity index (χ4v) is 3.09. The largest absolute Gasteiger partial charge is 0.456 e. The van der Waals surface area contributed by atoms with Crippen molar-refractivity contribution in [1.29, 1.82) is 0 Å². The number of pyridine rings is 1. The van der Waals surface area contributed by atoms with Crippen LogP contribution >= 0.6 is 0 Å². The molecule has 4 atom stereocenters. The Morgan fingerprint density at radius 2 is 1.87 bits per heavy atom. The minimum atomic E-state index is -1.30. The zero-order valence-corrected chi connectivity index (χ0v) is 16.8. The topological polar surface area (TPSA) is 139 Å². The number of carbonyl (C=O) groups is 3. The van der Waals surface area contributed by atoms with E-state index in [4.69, 9.17) is 14.2 Å². The van der Waals surface area contributed by atoms with E-state index in [9.17, 15) is 23.6 Å². The summed E-state index contributed by atoms with van der Waals surface area (Å²) in [7, 11) is 0. The number of ether oxygens (including phenoxy) is 3.